The molecule has 0 aromatic heterocycles. The largest absolute Gasteiger partial charge is 0.376 e. The van der Waals surface area contributed by atoms with Crippen molar-refractivity contribution in [3.63, 3.8) is 0 Å². The minimum atomic E-state index is -0.446. The Morgan fingerprint density at radius 2 is 2.13 bits per heavy atom. The van der Waals surface area contributed by atoms with Crippen molar-refractivity contribution >= 4 is 12.0 Å². The average Bonchev–Trinajstić information content (AvgIpc) is 2.25. The van der Waals surface area contributed by atoms with E-state index < -0.39 is 4.92 Å². The summed E-state index contributed by atoms with van der Waals surface area (Å²) >= 11 is 0. The van der Waals surface area contributed by atoms with Crippen LogP contribution in [0, 0.1) is 10.1 Å². The molecule has 5 nitrogen and oxygen atoms in total. The first-order chi connectivity index (χ1) is 7.25. The lowest BCUT2D eigenvalue weighted by atomic mass is 10.2. The van der Waals surface area contributed by atoms with Crippen LogP contribution in [-0.4, -0.2) is 17.8 Å². The van der Waals surface area contributed by atoms with E-state index in [0.717, 1.165) is 6.29 Å². The summed E-state index contributed by atoms with van der Waals surface area (Å²) in [6.07, 6.45) is 1.06. The summed E-state index contributed by atoms with van der Waals surface area (Å²) < 4.78 is 5.12. The Morgan fingerprint density at radius 3 is 2.80 bits per heavy atom. The third-order valence-corrected chi connectivity index (χ3v) is 1.83. The lowest BCUT2D eigenvalue weighted by Gasteiger charge is -2.02. The van der Waals surface area contributed by atoms with Gasteiger partial charge in [-0.1, -0.05) is 12.1 Å². The molecule has 0 spiro atoms. The Labute approximate surface area is 86.8 Å². The quantitative estimate of drug-likeness (QED) is 0.309. The monoisotopic (exact) mass is 209 g/mol. The molecule has 0 bridgehead atoms. The van der Waals surface area contributed by atoms with E-state index in [2.05, 4.69) is 0 Å². The molecule has 0 aliphatic rings. The summed E-state index contributed by atoms with van der Waals surface area (Å²) in [5.41, 5.74) is 0.567. The van der Waals surface area contributed by atoms with Gasteiger partial charge in [0, 0.05) is 12.5 Å². The smallest absolute Gasteiger partial charge is 0.274 e. The molecule has 0 heterocycles. The van der Waals surface area contributed by atoms with Crippen molar-refractivity contribution in [1.82, 2.24) is 0 Å². The third-order valence-electron chi connectivity index (χ3n) is 1.83. The number of aldehydes is 1. The Kier molecular flexibility index (Phi) is 4.43. The fourth-order valence-corrected chi connectivity index (χ4v) is 1.12. The molecule has 0 unspecified atom stereocenters. The maximum absolute atomic E-state index is 10.6. The molecule has 0 aliphatic carbocycles. The molecule has 1 aromatic carbocycles. The number of hydrogen-bond acceptors (Lipinski definition) is 4. The van der Waals surface area contributed by atoms with Crippen LogP contribution in [0.4, 0.5) is 5.69 Å². The molecule has 5 heteroatoms. The number of carbonyl (C=O) groups is 1. The molecule has 0 aliphatic heterocycles. The van der Waals surface area contributed by atoms with Crippen LogP contribution in [0.25, 0.3) is 0 Å². The van der Waals surface area contributed by atoms with E-state index in [4.69, 9.17) is 4.74 Å². The van der Waals surface area contributed by atoms with Crippen LogP contribution in [0.2, 0.25) is 0 Å². The summed E-state index contributed by atoms with van der Waals surface area (Å²) in [6, 6.07) is 6.38. The van der Waals surface area contributed by atoms with Gasteiger partial charge in [-0.25, -0.2) is 0 Å². The standard InChI is InChI=1S/C10H11NO4/c12-6-3-7-15-8-9-4-1-2-5-10(9)11(13)14/h1-2,4-6H,3,7-8H2. The van der Waals surface area contributed by atoms with Crippen LogP contribution in [0.3, 0.4) is 0 Å². The highest BCUT2D eigenvalue weighted by Crippen LogP contribution is 2.18. The molecule has 15 heavy (non-hydrogen) atoms. The Hall–Kier alpha value is -1.75. The predicted octanol–water partition coefficient (Wildman–Crippen LogP) is 1.70. The van der Waals surface area contributed by atoms with Gasteiger partial charge >= 0.3 is 0 Å². The maximum Gasteiger partial charge on any atom is 0.274 e. The van der Waals surface area contributed by atoms with Crippen LogP contribution in [0.15, 0.2) is 24.3 Å². The number of rotatable bonds is 6. The van der Waals surface area contributed by atoms with Crippen molar-refractivity contribution < 1.29 is 14.5 Å². The first kappa shape index (κ1) is 11.3. The van der Waals surface area contributed by atoms with Gasteiger partial charge in [-0.3, -0.25) is 10.1 Å². The topological polar surface area (TPSA) is 69.4 Å². The molecule has 0 atom stereocenters. The number of nitro benzene ring substituents is 1. The summed E-state index contributed by atoms with van der Waals surface area (Å²) in [5.74, 6) is 0. The summed E-state index contributed by atoms with van der Waals surface area (Å²) in [4.78, 5) is 20.2. The van der Waals surface area contributed by atoms with Crippen molar-refractivity contribution in [1.29, 1.82) is 0 Å². The molecule has 0 amide bonds. The number of benzene rings is 1. The zero-order valence-electron chi connectivity index (χ0n) is 8.09. The highest BCUT2D eigenvalue weighted by Gasteiger charge is 2.11. The van der Waals surface area contributed by atoms with E-state index in [1.165, 1.54) is 6.07 Å². The lowest BCUT2D eigenvalue weighted by Crippen LogP contribution is -1.99. The van der Waals surface area contributed by atoms with E-state index in [9.17, 15) is 14.9 Å². The Balaban J connectivity index is 2.59. The second kappa shape index (κ2) is 5.87. The van der Waals surface area contributed by atoms with Gasteiger partial charge in [0.25, 0.3) is 5.69 Å². The van der Waals surface area contributed by atoms with Crippen LogP contribution < -0.4 is 0 Å². The highest BCUT2D eigenvalue weighted by atomic mass is 16.6. The summed E-state index contributed by atoms with van der Waals surface area (Å²) in [5, 5.41) is 10.6. The van der Waals surface area contributed by atoms with Gasteiger partial charge in [0.2, 0.25) is 0 Å². The number of nitro groups is 1. The number of carbonyl (C=O) groups excluding carboxylic acids is 1. The van der Waals surface area contributed by atoms with Gasteiger partial charge < -0.3 is 9.53 Å². The van der Waals surface area contributed by atoms with Crippen LogP contribution in [-0.2, 0) is 16.1 Å². The fourth-order valence-electron chi connectivity index (χ4n) is 1.12. The normalized spacial score (nSPS) is 9.87. The molecule has 1 aromatic rings. The number of ether oxygens (including phenoxy) is 1. The second-order valence-electron chi connectivity index (χ2n) is 2.89. The second-order valence-corrected chi connectivity index (χ2v) is 2.89. The van der Waals surface area contributed by atoms with Crippen molar-refractivity contribution in [3.05, 3.63) is 39.9 Å². The summed E-state index contributed by atoms with van der Waals surface area (Å²) in [6.45, 7) is 0.445. The zero-order chi connectivity index (χ0) is 11.1. The first-order valence-corrected chi connectivity index (χ1v) is 4.49. The maximum atomic E-state index is 10.6. The fraction of sp³-hybridized carbons (Fsp3) is 0.300. The van der Waals surface area contributed by atoms with Crippen molar-refractivity contribution in [2.24, 2.45) is 0 Å². The molecule has 80 valence electrons. The van der Waals surface area contributed by atoms with Crippen molar-refractivity contribution in [2.45, 2.75) is 13.0 Å². The van der Waals surface area contributed by atoms with Crippen LogP contribution >= 0.6 is 0 Å². The van der Waals surface area contributed by atoms with Crippen molar-refractivity contribution in [2.75, 3.05) is 6.61 Å². The van der Waals surface area contributed by atoms with E-state index in [1.54, 1.807) is 18.2 Å². The van der Waals surface area contributed by atoms with Gasteiger partial charge in [0.15, 0.2) is 0 Å². The SMILES string of the molecule is O=CCCOCc1ccccc1[N+](=O)[O-]. The highest BCUT2D eigenvalue weighted by molar-refractivity contribution is 5.49. The average molecular weight is 209 g/mol. The molecule has 0 N–H and O–H groups in total. The van der Waals surface area contributed by atoms with Gasteiger partial charge in [0.1, 0.15) is 6.29 Å². The van der Waals surface area contributed by atoms with Crippen molar-refractivity contribution in [3.8, 4) is 0 Å². The van der Waals surface area contributed by atoms with Gasteiger partial charge in [-0.05, 0) is 6.07 Å². The molecular weight excluding hydrogens is 198 g/mol. The van der Waals surface area contributed by atoms with E-state index in [1.807, 2.05) is 0 Å². The number of nitrogens with zero attached hydrogens (tertiary/aromatic N) is 1. The number of para-hydroxylation sites is 1. The van der Waals surface area contributed by atoms with Crippen LogP contribution in [0.1, 0.15) is 12.0 Å². The summed E-state index contributed by atoms with van der Waals surface area (Å²) in [7, 11) is 0. The van der Waals surface area contributed by atoms with Gasteiger partial charge in [0.05, 0.1) is 23.7 Å². The zero-order valence-corrected chi connectivity index (χ0v) is 8.09. The Bertz CT molecular complexity index is 351. The van der Waals surface area contributed by atoms with Crippen LogP contribution in [0.5, 0.6) is 0 Å². The first-order valence-electron chi connectivity index (χ1n) is 4.49. The van der Waals surface area contributed by atoms with Gasteiger partial charge in [-0.2, -0.15) is 0 Å². The molecular formula is C10H11NO4. The minimum Gasteiger partial charge on any atom is -0.376 e. The predicted molar refractivity (Wildman–Crippen MR) is 53.4 cm³/mol. The van der Waals surface area contributed by atoms with Gasteiger partial charge in [-0.15, -0.1) is 0 Å². The molecule has 0 fully saturated rings. The molecule has 0 saturated carbocycles. The molecule has 0 radical (unpaired) electrons. The van der Waals surface area contributed by atoms with E-state index >= 15 is 0 Å². The van der Waals surface area contributed by atoms with E-state index in [-0.39, 0.29) is 18.9 Å². The number of hydrogen-bond donors (Lipinski definition) is 0. The molecule has 1 rings (SSSR count). The third kappa shape index (κ3) is 3.47. The Morgan fingerprint density at radius 1 is 1.40 bits per heavy atom. The molecule has 0 saturated heterocycles. The van der Waals surface area contributed by atoms with E-state index in [0.29, 0.717) is 12.0 Å². The lowest BCUT2D eigenvalue weighted by molar-refractivity contribution is -0.385. The minimum absolute atomic E-state index is 0.0450.